The summed E-state index contributed by atoms with van der Waals surface area (Å²) in [5.41, 5.74) is 1.68. The van der Waals surface area contributed by atoms with E-state index in [0.29, 0.717) is 0 Å². The molecule has 4 heteroatoms. The highest BCUT2D eigenvalue weighted by Gasteiger charge is 2.31. The minimum atomic E-state index is -0.262. The van der Waals surface area contributed by atoms with Crippen LogP contribution in [0.5, 0.6) is 0 Å². The van der Waals surface area contributed by atoms with Crippen LogP contribution in [0.3, 0.4) is 0 Å². The molecule has 0 spiro atoms. The average Bonchev–Trinajstić information content (AvgIpc) is 2.46. The van der Waals surface area contributed by atoms with Gasteiger partial charge in [0.1, 0.15) is 0 Å². The zero-order valence-corrected chi connectivity index (χ0v) is 12.1. The number of amides is 1. The largest absolute Gasteiger partial charge is 0.394 e. The van der Waals surface area contributed by atoms with Crippen LogP contribution in [-0.4, -0.2) is 29.7 Å². The molecule has 1 aromatic carbocycles. The molecule has 0 aliphatic heterocycles. The lowest BCUT2D eigenvalue weighted by Gasteiger charge is -2.36. The van der Waals surface area contributed by atoms with Gasteiger partial charge < -0.3 is 15.7 Å². The lowest BCUT2D eigenvalue weighted by Crippen LogP contribution is -2.52. The molecule has 3 N–H and O–H groups in total. The van der Waals surface area contributed by atoms with Gasteiger partial charge in [0.15, 0.2) is 0 Å². The molecule has 1 saturated carbocycles. The normalized spacial score (nSPS) is 17.7. The van der Waals surface area contributed by atoms with Crippen molar-refractivity contribution in [1.82, 2.24) is 5.32 Å². The first kappa shape index (κ1) is 15.0. The zero-order chi connectivity index (χ0) is 14.4. The van der Waals surface area contributed by atoms with E-state index >= 15 is 0 Å². The zero-order valence-electron chi connectivity index (χ0n) is 12.1. The van der Waals surface area contributed by atoms with Gasteiger partial charge in [-0.25, -0.2) is 0 Å². The monoisotopic (exact) mass is 276 g/mol. The van der Waals surface area contributed by atoms with Crippen molar-refractivity contribution in [3.05, 3.63) is 29.8 Å². The Morgan fingerprint density at radius 2 is 2.05 bits per heavy atom. The van der Waals surface area contributed by atoms with E-state index in [4.69, 9.17) is 0 Å². The molecule has 1 aliphatic rings. The Bertz CT molecular complexity index is 454. The number of aryl methyl sites for hydroxylation is 1. The lowest BCUT2D eigenvalue weighted by molar-refractivity contribution is -0.116. The van der Waals surface area contributed by atoms with Gasteiger partial charge in [-0.15, -0.1) is 0 Å². The van der Waals surface area contributed by atoms with E-state index in [1.807, 2.05) is 31.2 Å². The number of hydrogen-bond acceptors (Lipinski definition) is 3. The van der Waals surface area contributed by atoms with E-state index in [2.05, 4.69) is 10.6 Å². The van der Waals surface area contributed by atoms with Gasteiger partial charge in [-0.2, -0.15) is 0 Å². The highest BCUT2D eigenvalue weighted by atomic mass is 16.3. The van der Waals surface area contributed by atoms with Crippen molar-refractivity contribution >= 4 is 11.6 Å². The topological polar surface area (TPSA) is 61.4 Å². The first-order valence-electron chi connectivity index (χ1n) is 7.36. The molecule has 110 valence electrons. The fourth-order valence-electron chi connectivity index (χ4n) is 2.82. The Labute approximate surface area is 120 Å². The van der Waals surface area contributed by atoms with Gasteiger partial charge in [0.2, 0.25) is 5.91 Å². The molecule has 1 fully saturated rings. The maximum Gasteiger partial charge on any atom is 0.238 e. The Morgan fingerprint density at radius 3 is 2.70 bits per heavy atom. The molecule has 1 amide bonds. The molecule has 20 heavy (non-hydrogen) atoms. The van der Waals surface area contributed by atoms with Gasteiger partial charge in [-0.3, -0.25) is 4.79 Å². The molecule has 0 unspecified atom stereocenters. The number of anilines is 1. The van der Waals surface area contributed by atoms with Gasteiger partial charge in [0, 0.05) is 11.2 Å². The van der Waals surface area contributed by atoms with Gasteiger partial charge in [0.25, 0.3) is 0 Å². The molecule has 4 nitrogen and oxygen atoms in total. The molecule has 0 heterocycles. The summed E-state index contributed by atoms with van der Waals surface area (Å²) in [6.45, 7) is 2.34. The standard InChI is InChI=1S/C16H24N2O2/c1-13-6-5-7-14(10-13)18-15(20)11-17-16(12-19)8-3-2-4-9-16/h5-7,10,17,19H,2-4,8-9,11-12H2,1H3,(H,18,20). The van der Waals surface area contributed by atoms with Crippen molar-refractivity contribution in [3.63, 3.8) is 0 Å². The van der Waals surface area contributed by atoms with Crippen LogP contribution < -0.4 is 10.6 Å². The molecule has 0 aromatic heterocycles. The summed E-state index contributed by atoms with van der Waals surface area (Å²) in [5, 5.41) is 15.7. The fourth-order valence-corrected chi connectivity index (χ4v) is 2.82. The van der Waals surface area contributed by atoms with E-state index in [-0.39, 0.29) is 24.6 Å². The average molecular weight is 276 g/mol. The van der Waals surface area contributed by atoms with Crippen LogP contribution in [-0.2, 0) is 4.79 Å². The van der Waals surface area contributed by atoms with Crippen molar-refractivity contribution < 1.29 is 9.90 Å². The fraction of sp³-hybridized carbons (Fsp3) is 0.562. The Balaban J connectivity index is 1.85. The molecular formula is C16H24N2O2. The number of hydrogen-bond donors (Lipinski definition) is 3. The lowest BCUT2D eigenvalue weighted by atomic mass is 9.82. The van der Waals surface area contributed by atoms with Crippen molar-refractivity contribution in [1.29, 1.82) is 0 Å². The summed E-state index contributed by atoms with van der Waals surface area (Å²) in [4.78, 5) is 12.0. The highest BCUT2D eigenvalue weighted by Crippen LogP contribution is 2.27. The molecule has 1 aliphatic carbocycles. The van der Waals surface area contributed by atoms with Crippen LogP contribution in [0.2, 0.25) is 0 Å². The predicted molar refractivity (Wildman–Crippen MR) is 80.7 cm³/mol. The van der Waals surface area contributed by atoms with Crippen LogP contribution in [0, 0.1) is 6.92 Å². The molecule has 0 atom stereocenters. The SMILES string of the molecule is Cc1cccc(NC(=O)CNC2(CO)CCCCC2)c1. The summed E-state index contributed by atoms with van der Waals surface area (Å²) in [5.74, 6) is -0.0611. The van der Waals surface area contributed by atoms with Crippen LogP contribution in [0.15, 0.2) is 24.3 Å². The molecular weight excluding hydrogens is 252 g/mol. The van der Waals surface area contributed by atoms with Crippen molar-refractivity contribution in [2.75, 3.05) is 18.5 Å². The third kappa shape index (κ3) is 4.05. The second-order valence-corrected chi connectivity index (χ2v) is 5.77. The number of nitrogens with one attached hydrogen (secondary N) is 2. The quantitative estimate of drug-likeness (QED) is 0.773. The highest BCUT2D eigenvalue weighted by molar-refractivity contribution is 5.92. The van der Waals surface area contributed by atoms with E-state index in [1.165, 1.54) is 6.42 Å². The number of rotatable bonds is 5. The molecule has 0 radical (unpaired) electrons. The van der Waals surface area contributed by atoms with Gasteiger partial charge in [-0.1, -0.05) is 31.4 Å². The molecule has 0 saturated heterocycles. The minimum Gasteiger partial charge on any atom is -0.394 e. The first-order chi connectivity index (χ1) is 9.63. The molecule has 0 bridgehead atoms. The summed E-state index contributed by atoms with van der Waals surface area (Å²) >= 11 is 0. The smallest absolute Gasteiger partial charge is 0.238 e. The van der Waals surface area contributed by atoms with E-state index in [1.54, 1.807) is 0 Å². The maximum absolute atomic E-state index is 12.0. The third-order valence-corrected chi connectivity index (χ3v) is 4.04. The third-order valence-electron chi connectivity index (χ3n) is 4.04. The Kier molecular flexibility index (Phi) is 5.15. The van der Waals surface area contributed by atoms with Crippen LogP contribution in [0.25, 0.3) is 0 Å². The number of benzene rings is 1. The number of carbonyl (C=O) groups is 1. The summed E-state index contributed by atoms with van der Waals surface area (Å²) in [6.07, 6.45) is 5.35. The Hall–Kier alpha value is -1.39. The molecule has 1 aromatic rings. The van der Waals surface area contributed by atoms with E-state index in [0.717, 1.165) is 36.9 Å². The first-order valence-corrected chi connectivity index (χ1v) is 7.36. The second-order valence-electron chi connectivity index (χ2n) is 5.77. The maximum atomic E-state index is 12.0. The van der Waals surface area contributed by atoms with E-state index < -0.39 is 0 Å². The van der Waals surface area contributed by atoms with Crippen molar-refractivity contribution in [2.24, 2.45) is 0 Å². The summed E-state index contributed by atoms with van der Waals surface area (Å²) in [6, 6.07) is 7.75. The van der Waals surface area contributed by atoms with Crippen LogP contribution in [0.1, 0.15) is 37.7 Å². The molecule has 2 rings (SSSR count). The number of aliphatic hydroxyl groups excluding tert-OH is 1. The van der Waals surface area contributed by atoms with Crippen molar-refractivity contribution in [3.8, 4) is 0 Å². The minimum absolute atomic E-state index is 0.0611. The van der Waals surface area contributed by atoms with E-state index in [9.17, 15) is 9.90 Å². The van der Waals surface area contributed by atoms with Gasteiger partial charge >= 0.3 is 0 Å². The summed E-state index contributed by atoms with van der Waals surface area (Å²) < 4.78 is 0. The van der Waals surface area contributed by atoms with Gasteiger partial charge in [-0.05, 0) is 37.5 Å². The summed E-state index contributed by atoms with van der Waals surface area (Å²) in [7, 11) is 0. The van der Waals surface area contributed by atoms with Gasteiger partial charge in [0.05, 0.1) is 13.2 Å². The number of carbonyl (C=O) groups excluding carboxylic acids is 1. The van der Waals surface area contributed by atoms with Crippen LogP contribution in [0.4, 0.5) is 5.69 Å². The van der Waals surface area contributed by atoms with Crippen LogP contribution >= 0.6 is 0 Å². The van der Waals surface area contributed by atoms with Crippen molar-refractivity contribution in [2.45, 2.75) is 44.6 Å². The Morgan fingerprint density at radius 1 is 1.30 bits per heavy atom. The second kappa shape index (κ2) is 6.86. The number of aliphatic hydroxyl groups is 1. The predicted octanol–water partition coefficient (Wildman–Crippen LogP) is 2.22.